The number of hydrogen-bond acceptors (Lipinski definition) is 6. The van der Waals surface area contributed by atoms with E-state index in [1.54, 1.807) is 24.3 Å². The highest BCUT2D eigenvalue weighted by molar-refractivity contribution is 9.10. The molecule has 0 aliphatic rings. The number of carbonyl (C=O) groups is 1. The second-order valence-corrected chi connectivity index (χ2v) is 7.50. The molecule has 2 N–H and O–H groups in total. The van der Waals surface area contributed by atoms with Gasteiger partial charge in [0.1, 0.15) is 18.1 Å². The van der Waals surface area contributed by atoms with Gasteiger partial charge in [-0.15, -0.1) is 0 Å². The van der Waals surface area contributed by atoms with Crippen molar-refractivity contribution in [3.63, 3.8) is 0 Å². The van der Waals surface area contributed by atoms with Crippen molar-refractivity contribution >= 4 is 28.1 Å². The fourth-order valence-electron chi connectivity index (χ4n) is 2.77. The molecule has 0 unspecified atom stereocenters. The molecule has 0 atom stereocenters. The Labute approximate surface area is 194 Å². The van der Waals surface area contributed by atoms with Crippen molar-refractivity contribution in [2.24, 2.45) is 5.10 Å². The lowest BCUT2D eigenvalue weighted by Gasteiger charge is -2.08. The first kappa shape index (κ1) is 23.1. The van der Waals surface area contributed by atoms with Crippen molar-refractivity contribution in [2.75, 3.05) is 13.7 Å². The summed E-state index contributed by atoms with van der Waals surface area (Å²) in [6.45, 7) is 2.94. The monoisotopic (exact) mass is 498 g/mol. The highest BCUT2D eigenvalue weighted by Crippen LogP contribution is 2.34. The number of nitrogens with zero attached hydrogens (tertiary/aromatic N) is 1. The van der Waals surface area contributed by atoms with Gasteiger partial charge in [-0.1, -0.05) is 12.1 Å². The zero-order chi connectivity index (χ0) is 22.9. The smallest absolute Gasteiger partial charge is 0.271 e. The van der Waals surface area contributed by atoms with Crippen LogP contribution in [0.5, 0.6) is 23.0 Å². The molecule has 7 nitrogen and oxygen atoms in total. The van der Waals surface area contributed by atoms with Gasteiger partial charge in [0.2, 0.25) is 0 Å². The molecule has 32 heavy (non-hydrogen) atoms. The number of rotatable bonds is 9. The molecule has 3 rings (SSSR count). The zero-order valence-corrected chi connectivity index (χ0v) is 19.3. The van der Waals surface area contributed by atoms with E-state index in [1.807, 2.05) is 43.3 Å². The maximum Gasteiger partial charge on any atom is 0.271 e. The molecule has 1 amide bonds. The van der Waals surface area contributed by atoms with Gasteiger partial charge < -0.3 is 19.3 Å². The van der Waals surface area contributed by atoms with Crippen LogP contribution in [0.25, 0.3) is 0 Å². The van der Waals surface area contributed by atoms with Gasteiger partial charge >= 0.3 is 0 Å². The second kappa shape index (κ2) is 11.2. The van der Waals surface area contributed by atoms with E-state index in [2.05, 4.69) is 26.5 Å². The minimum Gasteiger partial charge on any atom is -0.503 e. The van der Waals surface area contributed by atoms with Crippen LogP contribution in [0, 0.1) is 0 Å². The van der Waals surface area contributed by atoms with Gasteiger partial charge in [0, 0.05) is 5.56 Å². The molecule has 3 aromatic carbocycles. The summed E-state index contributed by atoms with van der Waals surface area (Å²) in [5.41, 5.74) is 4.53. The highest BCUT2D eigenvalue weighted by atomic mass is 79.9. The molecular formula is C24H23BrN2O5. The highest BCUT2D eigenvalue weighted by Gasteiger charge is 2.08. The number of methoxy groups -OCH3 is 1. The van der Waals surface area contributed by atoms with Crippen LogP contribution in [0.1, 0.15) is 28.4 Å². The minimum absolute atomic E-state index is 0.000259. The first-order chi connectivity index (χ1) is 15.5. The Morgan fingerprint density at radius 3 is 2.34 bits per heavy atom. The average molecular weight is 499 g/mol. The SMILES string of the molecule is CCOc1ccc(OCc2ccc(C(=O)NN=Cc3cc(Br)c(O)c(OC)c3)cc2)cc1. The zero-order valence-electron chi connectivity index (χ0n) is 17.7. The predicted octanol–water partition coefficient (Wildman–Crippen LogP) is 4.90. The summed E-state index contributed by atoms with van der Waals surface area (Å²) in [7, 11) is 1.46. The first-order valence-corrected chi connectivity index (χ1v) is 10.6. The molecule has 0 fully saturated rings. The van der Waals surface area contributed by atoms with Gasteiger partial charge in [0.25, 0.3) is 5.91 Å². The number of nitrogens with one attached hydrogen (secondary N) is 1. The van der Waals surface area contributed by atoms with E-state index >= 15 is 0 Å². The van der Waals surface area contributed by atoms with Crippen LogP contribution in [0.15, 0.2) is 70.2 Å². The van der Waals surface area contributed by atoms with E-state index in [1.165, 1.54) is 13.3 Å². The number of benzene rings is 3. The summed E-state index contributed by atoms with van der Waals surface area (Å²) >= 11 is 3.24. The van der Waals surface area contributed by atoms with E-state index in [9.17, 15) is 9.90 Å². The number of carbonyl (C=O) groups excluding carboxylic acids is 1. The van der Waals surface area contributed by atoms with E-state index in [4.69, 9.17) is 14.2 Å². The molecule has 0 saturated heterocycles. The molecule has 0 aromatic heterocycles. The molecule has 3 aromatic rings. The Balaban J connectivity index is 1.53. The van der Waals surface area contributed by atoms with Crippen molar-refractivity contribution in [2.45, 2.75) is 13.5 Å². The van der Waals surface area contributed by atoms with Gasteiger partial charge in [-0.25, -0.2) is 5.43 Å². The van der Waals surface area contributed by atoms with E-state index in [0.717, 1.165) is 17.1 Å². The molecule has 0 saturated carbocycles. The molecule has 8 heteroatoms. The number of amides is 1. The lowest BCUT2D eigenvalue weighted by molar-refractivity contribution is 0.0955. The molecule has 0 aliphatic carbocycles. The Bertz CT molecular complexity index is 1080. The van der Waals surface area contributed by atoms with Crippen molar-refractivity contribution < 1.29 is 24.1 Å². The van der Waals surface area contributed by atoms with Crippen molar-refractivity contribution in [3.05, 3.63) is 81.8 Å². The number of phenols is 1. The summed E-state index contributed by atoms with van der Waals surface area (Å²) in [5, 5.41) is 13.8. The van der Waals surface area contributed by atoms with Gasteiger partial charge in [-0.3, -0.25) is 4.79 Å². The largest absolute Gasteiger partial charge is 0.503 e. The topological polar surface area (TPSA) is 89.4 Å². The van der Waals surface area contributed by atoms with Crippen LogP contribution >= 0.6 is 15.9 Å². The lowest BCUT2D eigenvalue weighted by atomic mass is 10.1. The molecule has 0 aliphatic heterocycles. The third-order valence-electron chi connectivity index (χ3n) is 4.41. The molecule has 166 valence electrons. The Kier molecular flexibility index (Phi) is 8.10. The summed E-state index contributed by atoms with van der Waals surface area (Å²) in [6, 6.07) is 17.8. The summed E-state index contributed by atoms with van der Waals surface area (Å²) in [5.74, 6) is 1.50. The third-order valence-corrected chi connectivity index (χ3v) is 5.01. The summed E-state index contributed by atoms with van der Waals surface area (Å²) in [6.07, 6.45) is 1.46. The normalized spacial score (nSPS) is 10.7. The molecular weight excluding hydrogens is 476 g/mol. The van der Waals surface area contributed by atoms with Gasteiger partial charge in [-0.2, -0.15) is 5.10 Å². The van der Waals surface area contributed by atoms with Gasteiger partial charge in [0.15, 0.2) is 11.5 Å². The maximum atomic E-state index is 12.3. The number of ether oxygens (including phenoxy) is 3. The number of aromatic hydroxyl groups is 1. The molecule has 0 heterocycles. The fraction of sp³-hybridized carbons (Fsp3) is 0.167. The first-order valence-electron chi connectivity index (χ1n) is 9.84. The lowest BCUT2D eigenvalue weighted by Crippen LogP contribution is -2.17. The van der Waals surface area contributed by atoms with Crippen molar-refractivity contribution in [1.82, 2.24) is 5.43 Å². The molecule has 0 bridgehead atoms. The maximum absolute atomic E-state index is 12.3. The number of halogens is 1. The van der Waals surface area contributed by atoms with E-state index < -0.39 is 0 Å². The van der Waals surface area contributed by atoms with Gasteiger partial charge in [0.05, 0.1) is 24.4 Å². The Morgan fingerprint density at radius 1 is 1.06 bits per heavy atom. The average Bonchev–Trinajstić information content (AvgIpc) is 2.81. The summed E-state index contributed by atoms with van der Waals surface area (Å²) < 4.78 is 16.7. The van der Waals surface area contributed by atoms with Crippen molar-refractivity contribution in [1.29, 1.82) is 0 Å². The van der Waals surface area contributed by atoms with E-state index in [0.29, 0.717) is 34.6 Å². The second-order valence-electron chi connectivity index (χ2n) is 6.64. The van der Waals surface area contributed by atoms with Crippen LogP contribution in [0.4, 0.5) is 0 Å². The number of phenolic OH excluding ortho intramolecular Hbond substituents is 1. The Hall–Kier alpha value is -3.52. The van der Waals surface area contributed by atoms with E-state index in [-0.39, 0.29) is 11.7 Å². The minimum atomic E-state index is -0.343. The fourth-order valence-corrected chi connectivity index (χ4v) is 3.23. The Morgan fingerprint density at radius 2 is 1.72 bits per heavy atom. The standard InChI is InChI=1S/C24H23BrN2O5/c1-3-31-19-8-10-20(11-9-19)32-15-16-4-6-18(7-5-16)24(29)27-26-14-17-12-21(25)23(28)22(13-17)30-2/h4-14,28H,3,15H2,1-2H3,(H,27,29). The molecule has 0 spiro atoms. The summed E-state index contributed by atoms with van der Waals surface area (Å²) in [4.78, 5) is 12.3. The quantitative estimate of drug-likeness (QED) is 0.323. The van der Waals surface area contributed by atoms with Gasteiger partial charge in [-0.05, 0) is 82.5 Å². The predicted molar refractivity (Wildman–Crippen MR) is 126 cm³/mol. The van der Waals surface area contributed by atoms with Crippen LogP contribution in [0.3, 0.4) is 0 Å². The van der Waals surface area contributed by atoms with Crippen LogP contribution in [0.2, 0.25) is 0 Å². The van der Waals surface area contributed by atoms with Crippen LogP contribution < -0.4 is 19.6 Å². The van der Waals surface area contributed by atoms with Crippen molar-refractivity contribution in [3.8, 4) is 23.0 Å². The number of hydrogen-bond donors (Lipinski definition) is 2. The number of hydrazone groups is 1. The van der Waals surface area contributed by atoms with Crippen LogP contribution in [-0.2, 0) is 6.61 Å². The third kappa shape index (κ3) is 6.24. The molecule has 0 radical (unpaired) electrons. The van der Waals surface area contributed by atoms with Crippen LogP contribution in [-0.4, -0.2) is 30.9 Å².